The van der Waals surface area contributed by atoms with Crippen molar-refractivity contribution in [2.45, 2.75) is 0 Å². The van der Waals surface area contributed by atoms with Crippen molar-refractivity contribution in [3.05, 3.63) is 24.2 Å². The van der Waals surface area contributed by atoms with Crippen LogP contribution in [0.4, 0.5) is 0 Å². The largest absolute Gasteiger partial charge is 0.454 e. The van der Waals surface area contributed by atoms with Crippen molar-refractivity contribution in [3.63, 3.8) is 0 Å². The van der Waals surface area contributed by atoms with E-state index in [1.807, 2.05) is 0 Å². The lowest BCUT2D eigenvalue weighted by atomic mass is 10.3. The SMILES string of the molecule is [2H]c1c([2H])c([2H])c2c(c1[2H])OCO2. The van der Waals surface area contributed by atoms with Gasteiger partial charge in [0, 0.05) is 0 Å². The Balaban J connectivity index is 2.77. The molecule has 0 aromatic heterocycles. The molecule has 1 aliphatic rings. The summed E-state index contributed by atoms with van der Waals surface area (Å²) in [4.78, 5) is 0. The average molecular weight is 126 g/mol. The van der Waals surface area contributed by atoms with Gasteiger partial charge in [0.1, 0.15) is 0 Å². The Morgan fingerprint density at radius 2 is 1.78 bits per heavy atom. The van der Waals surface area contributed by atoms with Gasteiger partial charge in [-0.3, -0.25) is 0 Å². The Morgan fingerprint density at radius 1 is 1.22 bits per heavy atom. The van der Waals surface area contributed by atoms with Crippen LogP contribution in [0.5, 0.6) is 11.5 Å². The predicted molar refractivity (Wildman–Crippen MR) is 32.6 cm³/mol. The smallest absolute Gasteiger partial charge is 0.231 e. The highest BCUT2D eigenvalue weighted by molar-refractivity contribution is 5.40. The molecule has 0 radical (unpaired) electrons. The maximum Gasteiger partial charge on any atom is 0.231 e. The Morgan fingerprint density at radius 3 is 2.33 bits per heavy atom. The summed E-state index contributed by atoms with van der Waals surface area (Å²) in [6.45, 7) is -0.0456. The van der Waals surface area contributed by atoms with Crippen LogP contribution in [0.1, 0.15) is 5.48 Å². The highest BCUT2D eigenvalue weighted by Gasteiger charge is 2.09. The fourth-order valence-corrected chi connectivity index (χ4v) is 0.640. The molecule has 0 spiro atoms. The van der Waals surface area contributed by atoms with Crippen LogP contribution in [-0.4, -0.2) is 6.79 Å². The first-order chi connectivity index (χ1) is 6.13. The summed E-state index contributed by atoms with van der Waals surface area (Å²) in [6.07, 6.45) is 0. The van der Waals surface area contributed by atoms with E-state index in [0.29, 0.717) is 0 Å². The quantitative estimate of drug-likeness (QED) is 0.523. The van der Waals surface area contributed by atoms with Gasteiger partial charge in [-0.15, -0.1) is 0 Å². The zero-order valence-electron chi connectivity index (χ0n) is 8.52. The molecule has 0 saturated heterocycles. The van der Waals surface area contributed by atoms with Crippen LogP contribution in [0.25, 0.3) is 0 Å². The van der Waals surface area contributed by atoms with E-state index in [2.05, 4.69) is 0 Å². The third-order valence-electron chi connectivity index (χ3n) is 1.03. The summed E-state index contributed by atoms with van der Waals surface area (Å²) in [6, 6.07) is -0.967. The summed E-state index contributed by atoms with van der Waals surface area (Å²) in [7, 11) is 0. The molecular weight excluding hydrogens is 116 g/mol. The molecule has 0 amide bonds. The molecule has 2 heteroatoms. The number of fused-ring (bicyclic) bond motifs is 1. The fourth-order valence-electron chi connectivity index (χ4n) is 0.640. The number of ether oxygens (including phenoxy) is 2. The van der Waals surface area contributed by atoms with E-state index in [9.17, 15) is 0 Å². The minimum atomic E-state index is -0.297. The standard InChI is InChI=1S/C7H6O2/c1-2-4-7-6(3-1)8-5-9-7/h1-4H,5H2/i1D,2D,3D,4D. The molecule has 1 aromatic rings. The molecule has 1 aromatic carbocycles. The number of hydrogen-bond acceptors (Lipinski definition) is 2. The summed E-state index contributed by atoms with van der Waals surface area (Å²) in [5.41, 5.74) is 0. The monoisotopic (exact) mass is 126 g/mol. The van der Waals surface area contributed by atoms with Gasteiger partial charge in [-0.05, 0) is 12.1 Å². The van der Waals surface area contributed by atoms with E-state index in [4.69, 9.17) is 15.0 Å². The Bertz CT molecular complexity index is 342. The van der Waals surface area contributed by atoms with Gasteiger partial charge in [0.25, 0.3) is 0 Å². The van der Waals surface area contributed by atoms with Crippen LogP contribution in [-0.2, 0) is 0 Å². The zero-order chi connectivity index (χ0) is 9.59. The van der Waals surface area contributed by atoms with E-state index >= 15 is 0 Å². The highest BCUT2D eigenvalue weighted by atomic mass is 16.7. The van der Waals surface area contributed by atoms with E-state index in [0.717, 1.165) is 0 Å². The summed E-state index contributed by atoms with van der Waals surface area (Å²) in [5.74, 6) is 0.206. The highest BCUT2D eigenvalue weighted by Crippen LogP contribution is 2.30. The first kappa shape index (κ1) is 2.21. The van der Waals surface area contributed by atoms with Gasteiger partial charge in [0.05, 0.1) is 5.48 Å². The topological polar surface area (TPSA) is 18.5 Å². The van der Waals surface area contributed by atoms with Crippen molar-refractivity contribution >= 4 is 0 Å². The van der Waals surface area contributed by atoms with Crippen molar-refractivity contribution in [1.29, 1.82) is 0 Å². The molecule has 0 atom stereocenters. The van der Waals surface area contributed by atoms with Crippen LogP contribution in [0.15, 0.2) is 24.2 Å². The number of benzene rings is 1. The normalized spacial score (nSPS) is 20.0. The molecule has 46 valence electrons. The molecular formula is C7H6O2. The van der Waals surface area contributed by atoms with Crippen molar-refractivity contribution < 1.29 is 15.0 Å². The third-order valence-corrected chi connectivity index (χ3v) is 1.03. The van der Waals surface area contributed by atoms with Crippen LogP contribution >= 0.6 is 0 Å². The van der Waals surface area contributed by atoms with Crippen LogP contribution in [0, 0.1) is 0 Å². The Labute approximate surface area is 58.6 Å². The van der Waals surface area contributed by atoms with E-state index < -0.39 is 0 Å². The first-order valence-electron chi connectivity index (χ1n) is 4.49. The van der Waals surface area contributed by atoms with Crippen LogP contribution in [0.2, 0.25) is 0 Å². The van der Waals surface area contributed by atoms with Gasteiger partial charge in [-0.1, -0.05) is 12.1 Å². The van der Waals surface area contributed by atoms with Crippen molar-refractivity contribution in [3.8, 4) is 11.5 Å². The third kappa shape index (κ3) is 0.633. The zero-order valence-corrected chi connectivity index (χ0v) is 4.52. The maximum atomic E-state index is 7.42. The van der Waals surface area contributed by atoms with Gasteiger partial charge in [0.15, 0.2) is 11.5 Å². The lowest BCUT2D eigenvalue weighted by molar-refractivity contribution is 0.174. The second kappa shape index (κ2) is 1.65. The molecule has 1 heterocycles. The molecule has 0 N–H and O–H groups in total. The van der Waals surface area contributed by atoms with E-state index in [1.165, 1.54) is 0 Å². The minimum Gasteiger partial charge on any atom is -0.454 e. The molecule has 0 aliphatic carbocycles. The minimum absolute atomic E-state index is 0.0456. The van der Waals surface area contributed by atoms with Crippen molar-refractivity contribution in [2.24, 2.45) is 0 Å². The van der Waals surface area contributed by atoms with Crippen LogP contribution < -0.4 is 9.47 Å². The molecule has 0 bridgehead atoms. The van der Waals surface area contributed by atoms with E-state index in [-0.39, 0.29) is 42.5 Å². The second-order valence-corrected chi connectivity index (χ2v) is 1.56. The van der Waals surface area contributed by atoms with Gasteiger partial charge >= 0.3 is 0 Å². The number of para-hydroxylation sites is 2. The first-order valence-corrected chi connectivity index (χ1v) is 2.49. The van der Waals surface area contributed by atoms with Gasteiger partial charge in [0.2, 0.25) is 6.79 Å². The fraction of sp³-hybridized carbons (Fsp3) is 0.143. The molecule has 0 fully saturated rings. The van der Waals surface area contributed by atoms with Gasteiger partial charge in [-0.25, -0.2) is 0 Å². The van der Waals surface area contributed by atoms with Gasteiger partial charge < -0.3 is 9.47 Å². The summed E-state index contributed by atoms with van der Waals surface area (Å²) >= 11 is 0. The predicted octanol–water partition coefficient (Wildman–Crippen LogP) is 1.42. The molecule has 1 aliphatic heterocycles. The second-order valence-electron chi connectivity index (χ2n) is 1.56. The molecule has 9 heavy (non-hydrogen) atoms. The maximum absolute atomic E-state index is 7.42. The van der Waals surface area contributed by atoms with Crippen molar-refractivity contribution in [1.82, 2.24) is 0 Å². The van der Waals surface area contributed by atoms with Crippen molar-refractivity contribution in [2.75, 3.05) is 6.79 Å². The Hall–Kier alpha value is -1.18. The lowest BCUT2D eigenvalue weighted by Crippen LogP contribution is -1.92. The number of hydrogen-bond donors (Lipinski definition) is 0. The summed E-state index contributed by atoms with van der Waals surface area (Å²) < 4.78 is 39.3. The molecule has 2 nitrogen and oxygen atoms in total. The van der Waals surface area contributed by atoms with E-state index in [1.54, 1.807) is 0 Å². The molecule has 2 rings (SSSR count). The molecule has 0 saturated carbocycles. The number of rotatable bonds is 0. The summed E-state index contributed by atoms with van der Waals surface area (Å²) in [5, 5.41) is 0. The Kier molecular flexibility index (Phi) is 0.407. The van der Waals surface area contributed by atoms with Crippen LogP contribution in [0.3, 0.4) is 0 Å². The molecule has 0 unspecified atom stereocenters. The average Bonchev–Trinajstić information content (AvgIpc) is 2.59. The van der Waals surface area contributed by atoms with Gasteiger partial charge in [-0.2, -0.15) is 0 Å². The lowest BCUT2D eigenvalue weighted by Gasteiger charge is -1.89.